The fourth-order valence-corrected chi connectivity index (χ4v) is 6.02. The number of halogens is 1. The molecule has 2 aliphatic heterocycles. The first-order valence-electron chi connectivity index (χ1n) is 15.5. The van der Waals surface area contributed by atoms with Gasteiger partial charge in [-0.05, 0) is 41.8 Å². The monoisotopic (exact) mass is 689 g/mol. The molecule has 0 aromatic heterocycles. The van der Waals surface area contributed by atoms with Gasteiger partial charge >= 0.3 is 23.9 Å². The second kappa shape index (κ2) is 15.8. The number of carbonyl (C=O) groups is 5. The minimum atomic E-state index is -2.48. The molecule has 14 heteroatoms. The van der Waals surface area contributed by atoms with E-state index in [-0.39, 0.29) is 17.6 Å². The van der Waals surface area contributed by atoms with Crippen LogP contribution in [0.5, 0.6) is 5.75 Å². The third-order valence-corrected chi connectivity index (χ3v) is 8.39. The molecule has 0 aliphatic carbocycles. The van der Waals surface area contributed by atoms with Crippen molar-refractivity contribution in [2.24, 2.45) is 0 Å². The summed E-state index contributed by atoms with van der Waals surface area (Å²) in [5.74, 6) is -4.88. The molecule has 2 saturated heterocycles. The fourth-order valence-electron chi connectivity index (χ4n) is 5.83. The third-order valence-electron chi connectivity index (χ3n) is 8.02. The Bertz CT molecular complexity index is 1510. The van der Waals surface area contributed by atoms with Gasteiger partial charge in [-0.1, -0.05) is 29.8 Å². The van der Waals surface area contributed by atoms with Crippen LogP contribution in [0.15, 0.2) is 42.5 Å². The second-order valence-corrected chi connectivity index (χ2v) is 12.2. The van der Waals surface area contributed by atoms with Gasteiger partial charge in [0.05, 0.1) is 0 Å². The molecule has 0 saturated carbocycles. The highest BCUT2D eigenvalue weighted by molar-refractivity contribution is 6.31. The molecule has 0 unspecified atom stereocenters. The third kappa shape index (κ3) is 9.24. The van der Waals surface area contributed by atoms with Crippen LogP contribution in [0.4, 0.5) is 0 Å². The average Bonchev–Trinajstić information content (AvgIpc) is 3.01. The van der Waals surface area contributed by atoms with Crippen molar-refractivity contribution in [1.29, 1.82) is 0 Å². The first-order valence-corrected chi connectivity index (χ1v) is 15.9. The van der Waals surface area contributed by atoms with Gasteiger partial charge in [-0.25, -0.2) is 0 Å². The summed E-state index contributed by atoms with van der Waals surface area (Å²) in [7, 11) is 0. The molecular formula is C34H40ClNO12. The van der Waals surface area contributed by atoms with E-state index in [0.29, 0.717) is 35.8 Å². The summed E-state index contributed by atoms with van der Waals surface area (Å²) in [6, 6.07) is 12.0. The van der Waals surface area contributed by atoms with Gasteiger partial charge < -0.3 is 38.4 Å². The zero-order valence-electron chi connectivity index (χ0n) is 27.4. The van der Waals surface area contributed by atoms with Crippen molar-refractivity contribution in [1.82, 2.24) is 4.90 Å². The van der Waals surface area contributed by atoms with Gasteiger partial charge in [0.15, 0.2) is 12.2 Å². The Balaban J connectivity index is 1.63. The lowest BCUT2D eigenvalue weighted by Gasteiger charge is -2.48. The van der Waals surface area contributed by atoms with Crippen LogP contribution in [0, 0.1) is 0 Å². The van der Waals surface area contributed by atoms with Crippen LogP contribution < -0.4 is 4.74 Å². The summed E-state index contributed by atoms with van der Waals surface area (Å²) >= 11 is 6.59. The Kier molecular flexibility index (Phi) is 12.1. The van der Waals surface area contributed by atoms with Gasteiger partial charge in [0.25, 0.3) is 0 Å². The number of aliphatic hydroxyl groups is 1. The quantitative estimate of drug-likeness (QED) is 0.287. The number of hydrogen-bond donors (Lipinski definition) is 1. The number of amides is 1. The number of likely N-dealkylation sites (tertiary alicyclic amines) is 1. The SMILES string of the molecule is CC(=O)OC[C@H]1O[C@@](O)(c2ccc(Cl)c(Cc3ccc(OC4CCN(C(C)=O)CC4)cc3)c2)[C@H](OC(C)=O)[C@@H](OC(C)=O)[C@@H]1OC(C)=O. The zero-order valence-corrected chi connectivity index (χ0v) is 28.2. The van der Waals surface area contributed by atoms with Crippen LogP contribution >= 0.6 is 11.6 Å². The van der Waals surface area contributed by atoms with E-state index >= 15 is 0 Å². The van der Waals surface area contributed by atoms with E-state index in [1.54, 1.807) is 17.9 Å². The Labute approximate surface area is 283 Å². The molecule has 2 aromatic carbocycles. The zero-order chi connectivity index (χ0) is 35.2. The van der Waals surface area contributed by atoms with Gasteiger partial charge in [0.1, 0.15) is 24.6 Å². The van der Waals surface area contributed by atoms with E-state index in [2.05, 4.69) is 0 Å². The molecule has 2 heterocycles. The number of esters is 4. The van der Waals surface area contributed by atoms with Crippen LogP contribution in [0.1, 0.15) is 64.2 Å². The Morgan fingerprint density at radius 3 is 2.02 bits per heavy atom. The molecule has 260 valence electrons. The van der Waals surface area contributed by atoms with E-state index in [1.807, 2.05) is 24.3 Å². The number of benzene rings is 2. The number of ether oxygens (including phenoxy) is 6. The van der Waals surface area contributed by atoms with Crippen molar-refractivity contribution in [3.05, 3.63) is 64.2 Å². The van der Waals surface area contributed by atoms with Crippen LogP contribution in [-0.2, 0) is 59.9 Å². The number of nitrogens with zero attached hydrogens (tertiary/aromatic N) is 1. The highest BCUT2D eigenvalue weighted by Crippen LogP contribution is 2.42. The topological polar surface area (TPSA) is 164 Å². The second-order valence-electron chi connectivity index (χ2n) is 11.8. The van der Waals surface area contributed by atoms with Crippen molar-refractivity contribution in [2.45, 2.75) is 90.2 Å². The maximum atomic E-state index is 12.3. The van der Waals surface area contributed by atoms with Gasteiger partial charge in [0, 0.05) is 71.1 Å². The molecule has 5 atom stereocenters. The lowest BCUT2D eigenvalue weighted by atomic mass is 9.86. The van der Waals surface area contributed by atoms with E-state index in [9.17, 15) is 29.1 Å². The van der Waals surface area contributed by atoms with Crippen LogP contribution in [0.2, 0.25) is 5.02 Å². The van der Waals surface area contributed by atoms with Crippen LogP contribution in [-0.4, -0.2) is 90.0 Å². The van der Waals surface area contributed by atoms with Gasteiger partial charge in [0.2, 0.25) is 17.8 Å². The molecule has 0 radical (unpaired) electrons. The summed E-state index contributed by atoms with van der Waals surface area (Å²) in [6.45, 7) is 6.82. The summed E-state index contributed by atoms with van der Waals surface area (Å²) in [5.41, 5.74) is 1.51. The predicted molar refractivity (Wildman–Crippen MR) is 169 cm³/mol. The van der Waals surface area contributed by atoms with E-state index in [0.717, 1.165) is 46.1 Å². The lowest BCUT2D eigenvalue weighted by Crippen LogP contribution is -2.66. The molecule has 48 heavy (non-hydrogen) atoms. The summed E-state index contributed by atoms with van der Waals surface area (Å²) < 4.78 is 33.7. The van der Waals surface area contributed by atoms with Crippen molar-refractivity contribution < 1.29 is 57.5 Å². The lowest BCUT2D eigenvalue weighted by molar-refractivity contribution is -0.360. The molecule has 1 amide bonds. The highest BCUT2D eigenvalue weighted by atomic mass is 35.5. The van der Waals surface area contributed by atoms with E-state index in [1.165, 1.54) is 12.1 Å². The molecule has 1 N–H and O–H groups in total. The normalized spacial score (nSPS) is 24.3. The first-order chi connectivity index (χ1) is 22.7. The van der Waals surface area contributed by atoms with Crippen LogP contribution in [0.3, 0.4) is 0 Å². The van der Waals surface area contributed by atoms with Crippen molar-refractivity contribution in [3.8, 4) is 5.75 Å². The van der Waals surface area contributed by atoms with Crippen LogP contribution in [0.25, 0.3) is 0 Å². The summed E-state index contributed by atoms with van der Waals surface area (Å²) in [5, 5.41) is 12.6. The number of rotatable bonds is 10. The largest absolute Gasteiger partial charge is 0.490 e. The Morgan fingerprint density at radius 1 is 0.854 bits per heavy atom. The molecule has 2 aromatic rings. The standard InChI is InChI=1S/C34H40ClNO12/c1-19(37)36-14-12-28(13-15-36)47-27-9-6-24(7-10-27)16-25-17-26(8-11-29(25)35)34(42)33(46-23(5)41)32(45-22(4)40)31(44-21(3)39)30(48-34)18-43-20(2)38/h6-11,17,28,30-33,42H,12-16,18H2,1-5H3/t30-,31-,32+,33-,34+/m1/s1. The van der Waals surface area contributed by atoms with E-state index < -0.39 is 60.7 Å². The minimum Gasteiger partial charge on any atom is -0.490 e. The highest BCUT2D eigenvalue weighted by Gasteiger charge is 2.60. The molecular weight excluding hydrogens is 650 g/mol. The van der Waals surface area contributed by atoms with E-state index in [4.69, 9.17) is 40.0 Å². The maximum Gasteiger partial charge on any atom is 0.303 e. The molecule has 0 spiro atoms. The maximum absolute atomic E-state index is 12.3. The van der Waals surface area contributed by atoms with Gasteiger partial charge in [-0.15, -0.1) is 0 Å². The van der Waals surface area contributed by atoms with Gasteiger partial charge in [-0.3, -0.25) is 24.0 Å². The Morgan fingerprint density at radius 2 is 1.46 bits per heavy atom. The van der Waals surface area contributed by atoms with Crippen molar-refractivity contribution in [2.75, 3.05) is 19.7 Å². The summed E-state index contributed by atoms with van der Waals surface area (Å²) in [6.07, 6.45) is -4.25. The smallest absolute Gasteiger partial charge is 0.303 e. The first kappa shape index (κ1) is 36.6. The molecule has 4 rings (SSSR count). The van der Waals surface area contributed by atoms with Gasteiger partial charge in [-0.2, -0.15) is 0 Å². The minimum absolute atomic E-state index is 0.0000883. The molecule has 2 aliphatic rings. The van der Waals surface area contributed by atoms with Crippen molar-refractivity contribution in [3.63, 3.8) is 0 Å². The molecule has 13 nitrogen and oxygen atoms in total. The van der Waals surface area contributed by atoms with Crippen molar-refractivity contribution >= 4 is 41.4 Å². The number of carbonyl (C=O) groups excluding carboxylic acids is 5. The molecule has 2 fully saturated rings. The predicted octanol–water partition coefficient (Wildman–Crippen LogP) is 3.22. The number of hydrogen-bond acceptors (Lipinski definition) is 12. The summed E-state index contributed by atoms with van der Waals surface area (Å²) in [4.78, 5) is 61.7. The number of piperidine rings is 1. The average molecular weight is 690 g/mol. The fraction of sp³-hybridized carbons (Fsp3) is 0.500. The molecule has 0 bridgehead atoms. The Hall–Kier alpha value is -4.20.